The van der Waals surface area contributed by atoms with E-state index in [-0.39, 0.29) is 11.6 Å². The molecule has 118 valence electrons. The maximum absolute atomic E-state index is 11.6. The van der Waals surface area contributed by atoms with Gasteiger partial charge in [0.05, 0.1) is 6.61 Å². The molecule has 0 radical (unpaired) electrons. The Hall–Kier alpha value is -0.850. The van der Waals surface area contributed by atoms with Crippen LogP contribution in [0.1, 0.15) is 20.8 Å². The highest BCUT2D eigenvalue weighted by Crippen LogP contribution is 2.16. The SMILES string of the molecule is CCN1CCN(C(C)(C)CNC(=O)NCCOC)CC1. The number of amides is 2. The first-order valence-corrected chi connectivity index (χ1v) is 7.47. The third-order valence-electron chi connectivity index (χ3n) is 3.95. The number of hydrogen-bond donors (Lipinski definition) is 2. The van der Waals surface area contributed by atoms with Crippen molar-refractivity contribution in [2.45, 2.75) is 26.3 Å². The number of methoxy groups -OCH3 is 1. The van der Waals surface area contributed by atoms with E-state index < -0.39 is 0 Å². The first-order chi connectivity index (χ1) is 9.49. The van der Waals surface area contributed by atoms with Gasteiger partial charge in [0.1, 0.15) is 0 Å². The third kappa shape index (κ3) is 5.64. The van der Waals surface area contributed by atoms with Gasteiger partial charge in [0.15, 0.2) is 0 Å². The Morgan fingerprint density at radius 3 is 2.40 bits per heavy atom. The summed E-state index contributed by atoms with van der Waals surface area (Å²) in [6, 6.07) is -0.123. The predicted octanol–water partition coefficient (Wildman–Crippen LogP) is 0.348. The molecular weight excluding hydrogens is 256 g/mol. The summed E-state index contributed by atoms with van der Waals surface area (Å²) in [5.74, 6) is 0. The smallest absolute Gasteiger partial charge is 0.314 e. The Balaban J connectivity index is 2.28. The van der Waals surface area contributed by atoms with Gasteiger partial charge in [-0.1, -0.05) is 6.92 Å². The van der Waals surface area contributed by atoms with E-state index in [0.717, 1.165) is 32.7 Å². The Bertz CT molecular complexity index is 289. The maximum atomic E-state index is 11.6. The first-order valence-electron chi connectivity index (χ1n) is 7.47. The molecule has 1 fully saturated rings. The molecule has 6 heteroatoms. The molecule has 1 rings (SSSR count). The quantitative estimate of drug-likeness (QED) is 0.663. The summed E-state index contributed by atoms with van der Waals surface area (Å²) in [4.78, 5) is 16.5. The minimum atomic E-state index is -0.123. The number of likely N-dealkylation sites (N-methyl/N-ethyl adjacent to an activating group) is 1. The molecule has 2 N–H and O–H groups in total. The van der Waals surface area contributed by atoms with E-state index in [2.05, 4.69) is 41.2 Å². The summed E-state index contributed by atoms with van der Waals surface area (Å²) in [6.45, 7) is 13.8. The standard InChI is InChI=1S/C14H30N4O2/c1-5-17-7-9-18(10-8-17)14(2,3)12-16-13(19)15-6-11-20-4/h5-12H2,1-4H3,(H2,15,16,19). The van der Waals surface area contributed by atoms with E-state index in [1.165, 1.54) is 0 Å². The van der Waals surface area contributed by atoms with Gasteiger partial charge >= 0.3 is 6.03 Å². The van der Waals surface area contributed by atoms with Gasteiger partial charge in [0.2, 0.25) is 0 Å². The molecular formula is C14H30N4O2. The summed E-state index contributed by atoms with van der Waals surface area (Å²) >= 11 is 0. The number of ether oxygens (including phenoxy) is 1. The average Bonchev–Trinajstić information content (AvgIpc) is 2.45. The van der Waals surface area contributed by atoms with Gasteiger partial charge in [0.25, 0.3) is 0 Å². The number of carbonyl (C=O) groups is 1. The van der Waals surface area contributed by atoms with Crippen molar-refractivity contribution >= 4 is 6.03 Å². The zero-order valence-electron chi connectivity index (χ0n) is 13.4. The van der Waals surface area contributed by atoms with E-state index in [4.69, 9.17) is 4.74 Å². The topological polar surface area (TPSA) is 56.8 Å². The fourth-order valence-corrected chi connectivity index (χ4v) is 2.41. The normalized spacial score (nSPS) is 18.0. The molecule has 0 aliphatic carbocycles. The van der Waals surface area contributed by atoms with Crippen LogP contribution in [0.25, 0.3) is 0 Å². The van der Waals surface area contributed by atoms with Crippen molar-refractivity contribution in [3.63, 3.8) is 0 Å². The molecule has 0 aromatic rings. The zero-order chi connectivity index (χ0) is 15.0. The second-order valence-corrected chi connectivity index (χ2v) is 5.84. The lowest BCUT2D eigenvalue weighted by molar-refractivity contribution is 0.0554. The fourth-order valence-electron chi connectivity index (χ4n) is 2.41. The Morgan fingerprint density at radius 1 is 1.20 bits per heavy atom. The predicted molar refractivity (Wildman–Crippen MR) is 81.0 cm³/mol. The molecule has 0 aromatic heterocycles. The lowest BCUT2D eigenvalue weighted by atomic mass is 10.0. The number of rotatable bonds is 7. The minimum Gasteiger partial charge on any atom is -0.383 e. The second-order valence-electron chi connectivity index (χ2n) is 5.84. The summed E-state index contributed by atoms with van der Waals surface area (Å²) in [7, 11) is 1.62. The molecule has 20 heavy (non-hydrogen) atoms. The molecule has 6 nitrogen and oxygen atoms in total. The molecule has 2 amide bonds. The molecule has 0 aromatic carbocycles. The molecule has 1 heterocycles. The van der Waals surface area contributed by atoms with Gasteiger partial charge in [0, 0.05) is 51.9 Å². The van der Waals surface area contributed by atoms with Crippen LogP contribution in [0.3, 0.4) is 0 Å². The van der Waals surface area contributed by atoms with Crippen LogP contribution in [0.4, 0.5) is 4.79 Å². The lowest BCUT2D eigenvalue weighted by Gasteiger charge is -2.44. The summed E-state index contributed by atoms with van der Waals surface area (Å²) < 4.78 is 4.90. The molecule has 0 atom stereocenters. The Morgan fingerprint density at radius 2 is 1.85 bits per heavy atom. The first kappa shape index (κ1) is 17.2. The summed E-state index contributed by atoms with van der Waals surface area (Å²) in [6.07, 6.45) is 0. The van der Waals surface area contributed by atoms with Crippen molar-refractivity contribution in [2.24, 2.45) is 0 Å². The molecule has 1 aliphatic rings. The summed E-state index contributed by atoms with van der Waals surface area (Å²) in [5.41, 5.74) is -0.0154. The van der Waals surface area contributed by atoms with Crippen LogP contribution in [-0.4, -0.2) is 80.9 Å². The monoisotopic (exact) mass is 286 g/mol. The van der Waals surface area contributed by atoms with Crippen LogP contribution in [-0.2, 0) is 4.74 Å². The van der Waals surface area contributed by atoms with E-state index >= 15 is 0 Å². The van der Waals surface area contributed by atoms with E-state index in [1.807, 2.05) is 0 Å². The average molecular weight is 286 g/mol. The second kappa shape index (κ2) is 8.44. The van der Waals surface area contributed by atoms with Gasteiger partial charge in [-0.2, -0.15) is 0 Å². The molecule has 0 saturated carbocycles. The molecule has 1 aliphatic heterocycles. The molecule has 0 unspecified atom stereocenters. The van der Waals surface area contributed by atoms with Gasteiger partial charge in [-0.25, -0.2) is 4.79 Å². The Kier molecular flexibility index (Phi) is 7.26. The Labute approximate surface area is 122 Å². The highest BCUT2D eigenvalue weighted by atomic mass is 16.5. The van der Waals surface area contributed by atoms with E-state index in [9.17, 15) is 4.79 Å². The van der Waals surface area contributed by atoms with Crippen molar-refractivity contribution in [1.82, 2.24) is 20.4 Å². The van der Waals surface area contributed by atoms with Gasteiger partial charge < -0.3 is 20.3 Å². The van der Waals surface area contributed by atoms with Crippen LogP contribution in [0.5, 0.6) is 0 Å². The van der Waals surface area contributed by atoms with Crippen molar-refractivity contribution in [2.75, 3.05) is 59.5 Å². The molecule has 1 saturated heterocycles. The fraction of sp³-hybridized carbons (Fsp3) is 0.929. The third-order valence-corrected chi connectivity index (χ3v) is 3.95. The van der Waals surface area contributed by atoms with Crippen molar-refractivity contribution in [1.29, 1.82) is 0 Å². The zero-order valence-corrected chi connectivity index (χ0v) is 13.4. The highest BCUT2D eigenvalue weighted by Gasteiger charge is 2.29. The molecule has 0 bridgehead atoms. The number of carbonyl (C=O) groups excluding carboxylic acids is 1. The van der Waals surface area contributed by atoms with Crippen LogP contribution in [0, 0.1) is 0 Å². The van der Waals surface area contributed by atoms with Gasteiger partial charge in [-0.15, -0.1) is 0 Å². The summed E-state index contributed by atoms with van der Waals surface area (Å²) in [5, 5.41) is 5.72. The number of piperazine rings is 1. The van der Waals surface area contributed by atoms with Crippen LogP contribution < -0.4 is 10.6 Å². The minimum absolute atomic E-state index is 0.0154. The van der Waals surface area contributed by atoms with Crippen LogP contribution in [0.2, 0.25) is 0 Å². The van der Waals surface area contributed by atoms with E-state index in [1.54, 1.807) is 7.11 Å². The highest BCUT2D eigenvalue weighted by molar-refractivity contribution is 5.73. The number of nitrogens with one attached hydrogen (secondary N) is 2. The van der Waals surface area contributed by atoms with Gasteiger partial charge in [-0.05, 0) is 20.4 Å². The van der Waals surface area contributed by atoms with Crippen molar-refractivity contribution < 1.29 is 9.53 Å². The molecule has 0 spiro atoms. The van der Waals surface area contributed by atoms with Crippen molar-refractivity contribution in [3.05, 3.63) is 0 Å². The number of nitrogens with zero attached hydrogens (tertiary/aromatic N) is 2. The van der Waals surface area contributed by atoms with Gasteiger partial charge in [-0.3, -0.25) is 4.90 Å². The van der Waals surface area contributed by atoms with E-state index in [0.29, 0.717) is 19.7 Å². The van der Waals surface area contributed by atoms with Crippen LogP contribution >= 0.6 is 0 Å². The maximum Gasteiger partial charge on any atom is 0.314 e. The number of urea groups is 1. The van der Waals surface area contributed by atoms with Crippen molar-refractivity contribution in [3.8, 4) is 0 Å². The largest absolute Gasteiger partial charge is 0.383 e. The lowest BCUT2D eigenvalue weighted by Crippen LogP contribution is -2.59. The van der Waals surface area contributed by atoms with Crippen LogP contribution in [0.15, 0.2) is 0 Å². The number of hydrogen-bond acceptors (Lipinski definition) is 4.